The van der Waals surface area contributed by atoms with Crippen molar-refractivity contribution in [3.63, 3.8) is 0 Å². The fourth-order valence-electron chi connectivity index (χ4n) is 3.52. The molecule has 1 aromatic heterocycles. The fourth-order valence-corrected chi connectivity index (χ4v) is 3.52. The molecule has 6 nitrogen and oxygen atoms in total. The number of hydrogen-bond donors (Lipinski definition) is 0. The van der Waals surface area contributed by atoms with E-state index < -0.39 is 6.04 Å². The summed E-state index contributed by atoms with van der Waals surface area (Å²) in [6, 6.07) is 10.3. The minimum Gasteiger partial charge on any atom is -0.494 e. The van der Waals surface area contributed by atoms with Gasteiger partial charge in [0.2, 0.25) is 5.91 Å². The number of hydrogen-bond acceptors (Lipinski definition) is 4. The van der Waals surface area contributed by atoms with Gasteiger partial charge >= 0.3 is 0 Å². The summed E-state index contributed by atoms with van der Waals surface area (Å²) in [4.78, 5) is 27.2. The van der Waals surface area contributed by atoms with Gasteiger partial charge in [-0.25, -0.2) is 4.68 Å². The Labute approximate surface area is 159 Å². The molecule has 2 unspecified atom stereocenters. The lowest BCUT2D eigenvalue weighted by Gasteiger charge is -2.35. The number of benzene rings is 1. The van der Waals surface area contributed by atoms with E-state index in [9.17, 15) is 9.59 Å². The summed E-state index contributed by atoms with van der Waals surface area (Å²) in [7, 11) is 0. The van der Waals surface area contributed by atoms with Crippen molar-refractivity contribution in [2.45, 2.75) is 52.1 Å². The first-order valence-corrected chi connectivity index (χ1v) is 9.65. The maximum atomic E-state index is 12.9. The number of rotatable bonds is 5. The van der Waals surface area contributed by atoms with E-state index in [0.717, 1.165) is 37.1 Å². The van der Waals surface area contributed by atoms with Crippen molar-refractivity contribution in [3.05, 3.63) is 46.8 Å². The van der Waals surface area contributed by atoms with E-state index in [4.69, 9.17) is 4.74 Å². The molecule has 1 saturated heterocycles. The van der Waals surface area contributed by atoms with Gasteiger partial charge in [-0.3, -0.25) is 9.59 Å². The summed E-state index contributed by atoms with van der Waals surface area (Å²) in [6.07, 6.45) is 3.16. The lowest BCUT2D eigenvalue weighted by atomic mass is 10.0. The Morgan fingerprint density at radius 1 is 1.22 bits per heavy atom. The first-order chi connectivity index (χ1) is 13.0. The second-order valence-electron chi connectivity index (χ2n) is 7.01. The van der Waals surface area contributed by atoms with Crippen LogP contribution in [0.4, 0.5) is 0 Å². The maximum Gasteiger partial charge on any atom is 0.267 e. The van der Waals surface area contributed by atoms with E-state index in [1.165, 1.54) is 10.7 Å². The summed E-state index contributed by atoms with van der Waals surface area (Å²) in [5, 5.41) is 4.47. The first-order valence-electron chi connectivity index (χ1n) is 9.65. The monoisotopic (exact) mass is 369 g/mol. The molecule has 6 heteroatoms. The highest BCUT2D eigenvalue weighted by Crippen LogP contribution is 2.22. The van der Waals surface area contributed by atoms with Crippen LogP contribution in [0.25, 0.3) is 11.3 Å². The predicted molar refractivity (Wildman–Crippen MR) is 105 cm³/mol. The van der Waals surface area contributed by atoms with Gasteiger partial charge in [0, 0.05) is 24.2 Å². The van der Waals surface area contributed by atoms with E-state index in [-0.39, 0.29) is 17.5 Å². The summed E-state index contributed by atoms with van der Waals surface area (Å²) < 4.78 is 6.76. The van der Waals surface area contributed by atoms with Crippen LogP contribution in [0.5, 0.6) is 5.75 Å². The normalized spacial score (nSPS) is 18.2. The quantitative estimate of drug-likeness (QED) is 0.811. The molecule has 2 heterocycles. The van der Waals surface area contributed by atoms with Crippen molar-refractivity contribution in [1.82, 2.24) is 14.7 Å². The minimum atomic E-state index is -0.624. The van der Waals surface area contributed by atoms with Gasteiger partial charge in [-0.1, -0.05) is 0 Å². The molecule has 1 fully saturated rings. The average molecular weight is 369 g/mol. The Morgan fingerprint density at radius 3 is 2.63 bits per heavy atom. The zero-order chi connectivity index (χ0) is 19.4. The highest BCUT2D eigenvalue weighted by Gasteiger charge is 2.29. The number of amides is 1. The van der Waals surface area contributed by atoms with E-state index >= 15 is 0 Å². The molecule has 2 atom stereocenters. The second-order valence-corrected chi connectivity index (χ2v) is 7.01. The minimum absolute atomic E-state index is 0.0411. The van der Waals surface area contributed by atoms with Crippen LogP contribution >= 0.6 is 0 Å². The Morgan fingerprint density at radius 2 is 1.96 bits per heavy atom. The lowest BCUT2D eigenvalue weighted by molar-refractivity contribution is -0.138. The molecule has 0 spiro atoms. The van der Waals surface area contributed by atoms with Crippen molar-refractivity contribution < 1.29 is 9.53 Å². The molecule has 1 aromatic carbocycles. The van der Waals surface area contributed by atoms with Crippen LogP contribution in [-0.2, 0) is 4.79 Å². The molecular formula is C21H27N3O3. The Kier molecular flexibility index (Phi) is 5.94. The van der Waals surface area contributed by atoms with E-state index in [0.29, 0.717) is 12.3 Å². The summed E-state index contributed by atoms with van der Waals surface area (Å²) in [5.41, 5.74) is 1.26. The van der Waals surface area contributed by atoms with Gasteiger partial charge in [0.15, 0.2) is 0 Å². The zero-order valence-electron chi connectivity index (χ0n) is 16.2. The molecular weight excluding hydrogens is 342 g/mol. The van der Waals surface area contributed by atoms with Gasteiger partial charge in [-0.2, -0.15) is 5.10 Å². The van der Waals surface area contributed by atoms with E-state index in [1.807, 2.05) is 36.1 Å². The van der Waals surface area contributed by atoms with Gasteiger partial charge in [-0.15, -0.1) is 0 Å². The topological polar surface area (TPSA) is 64.4 Å². The number of aromatic nitrogens is 2. The van der Waals surface area contributed by atoms with Crippen molar-refractivity contribution in [2.75, 3.05) is 13.2 Å². The Hall–Kier alpha value is -2.63. The molecule has 1 amide bonds. The largest absolute Gasteiger partial charge is 0.494 e. The van der Waals surface area contributed by atoms with Crippen molar-refractivity contribution >= 4 is 5.91 Å². The van der Waals surface area contributed by atoms with Gasteiger partial charge in [0.05, 0.1) is 12.3 Å². The number of likely N-dealkylation sites (tertiary alicyclic amines) is 1. The molecule has 27 heavy (non-hydrogen) atoms. The molecule has 0 N–H and O–H groups in total. The number of ether oxygens (including phenoxy) is 1. The zero-order valence-corrected chi connectivity index (χ0v) is 16.2. The highest BCUT2D eigenvalue weighted by molar-refractivity contribution is 5.80. The van der Waals surface area contributed by atoms with Crippen molar-refractivity contribution in [3.8, 4) is 17.0 Å². The summed E-state index contributed by atoms with van der Waals surface area (Å²) >= 11 is 0. The van der Waals surface area contributed by atoms with Crippen LogP contribution in [-0.4, -0.2) is 39.8 Å². The molecule has 3 rings (SSSR count). The predicted octanol–water partition coefficient (Wildman–Crippen LogP) is 3.27. The van der Waals surface area contributed by atoms with Gasteiger partial charge in [0.1, 0.15) is 11.8 Å². The standard InChI is InChI=1S/C21H27N3O3/c1-4-27-18-10-8-17(9-11-18)19-12-13-20(25)24(22-19)16(3)21(26)23-14-6-5-7-15(23)2/h8-13,15-16H,4-7,14H2,1-3H3. The molecule has 0 bridgehead atoms. The van der Waals surface area contributed by atoms with Crippen LogP contribution in [0.15, 0.2) is 41.2 Å². The van der Waals surface area contributed by atoms with Crippen molar-refractivity contribution in [2.24, 2.45) is 0 Å². The third kappa shape index (κ3) is 4.21. The SMILES string of the molecule is CCOc1ccc(-c2ccc(=O)n(C(C)C(=O)N3CCCCC3C)n2)cc1. The smallest absolute Gasteiger partial charge is 0.267 e. The van der Waals surface area contributed by atoms with Crippen LogP contribution < -0.4 is 10.3 Å². The Balaban J connectivity index is 1.86. The summed E-state index contributed by atoms with van der Waals surface area (Å²) in [5.74, 6) is 0.748. The second kappa shape index (κ2) is 8.37. The molecule has 144 valence electrons. The maximum absolute atomic E-state index is 12.9. The molecule has 1 aliphatic rings. The van der Waals surface area contributed by atoms with E-state index in [2.05, 4.69) is 12.0 Å². The third-order valence-corrected chi connectivity index (χ3v) is 5.10. The third-order valence-electron chi connectivity index (χ3n) is 5.10. The number of carbonyl (C=O) groups is 1. The van der Waals surface area contributed by atoms with Crippen LogP contribution in [0.1, 0.15) is 46.1 Å². The molecule has 1 aliphatic heterocycles. The first kappa shape index (κ1) is 19.1. The lowest BCUT2D eigenvalue weighted by Crippen LogP contribution is -2.46. The fraction of sp³-hybridized carbons (Fsp3) is 0.476. The molecule has 0 radical (unpaired) electrons. The van der Waals surface area contributed by atoms with Crippen LogP contribution in [0.2, 0.25) is 0 Å². The highest BCUT2D eigenvalue weighted by atomic mass is 16.5. The number of carbonyl (C=O) groups excluding carboxylic acids is 1. The number of nitrogens with zero attached hydrogens (tertiary/aromatic N) is 3. The Bertz CT molecular complexity index is 844. The van der Waals surface area contributed by atoms with Crippen LogP contribution in [0, 0.1) is 0 Å². The summed E-state index contributed by atoms with van der Waals surface area (Å²) in [6.45, 7) is 7.11. The van der Waals surface area contributed by atoms with E-state index in [1.54, 1.807) is 13.0 Å². The van der Waals surface area contributed by atoms with Gasteiger partial charge < -0.3 is 9.64 Å². The van der Waals surface area contributed by atoms with Crippen molar-refractivity contribution in [1.29, 1.82) is 0 Å². The van der Waals surface area contributed by atoms with Gasteiger partial charge in [0.25, 0.3) is 5.56 Å². The molecule has 0 saturated carbocycles. The number of piperidine rings is 1. The van der Waals surface area contributed by atoms with Crippen LogP contribution in [0.3, 0.4) is 0 Å². The molecule has 0 aliphatic carbocycles. The van der Waals surface area contributed by atoms with Gasteiger partial charge in [-0.05, 0) is 70.4 Å². The molecule has 2 aromatic rings. The average Bonchev–Trinajstić information content (AvgIpc) is 2.69.